The summed E-state index contributed by atoms with van der Waals surface area (Å²) in [4.78, 5) is 11.6. The van der Waals surface area contributed by atoms with E-state index in [0.717, 1.165) is 17.3 Å². The number of aromatic amines is 1. The average Bonchev–Trinajstić information content (AvgIpc) is 2.65. The summed E-state index contributed by atoms with van der Waals surface area (Å²) in [5, 5.41) is 9.08. The zero-order valence-electron chi connectivity index (χ0n) is 10.5. The van der Waals surface area contributed by atoms with Crippen molar-refractivity contribution in [3.8, 4) is 0 Å². The van der Waals surface area contributed by atoms with Gasteiger partial charge >= 0.3 is 0 Å². The van der Waals surface area contributed by atoms with Crippen LogP contribution in [0.2, 0.25) is 0 Å². The molecule has 104 valence electrons. The van der Waals surface area contributed by atoms with Crippen LogP contribution in [0.4, 0.5) is 14.6 Å². The number of hydrogen-bond donors (Lipinski definition) is 2. The fourth-order valence-corrected chi connectivity index (χ4v) is 3.44. The van der Waals surface area contributed by atoms with E-state index in [9.17, 15) is 13.6 Å². The fraction of sp³-hybridized carbons (Fsp3) is 0.231. The predicted molar refractivity (Wildman–Crippen MR) is 72.6 cm³/mol. The number of carbonyl (C=O) groups excluding carboxylic acids is 1. The third-order valence-corrected chi connectivity index (χ3v) is 4.39. The van der Waals surface area contributed by atoms with Crippen molar-refractivity contribution in [3.05, 3.63) is 46.7 Å². The van der Waals surface area contributed by atoms with Crippen LogP contribution in [0.1, 0.15) is 22.1 Å². The Morgan fingerprint density at radius 2 is 2.20 bits per heavy atom. The van der Waals surface area contributed by atoms with E-state index in [1.807, 2.05) is 0 Å². The summed E-state index contributed by atoms with van der Waals surface area (Å²) in [6.45, 7) is 1.80. The van der Waals surface area contributed by atoms with Crippen LogP contribution in [-0.4, -0.2) is 21.9 Å². The summed E-state index contributed by atoms with van der Waals surface area (Å²) >= 11 is 1.29. The van der Waals surface area contributed by atoms with E-state index in [-0.39, 0.29) is 11.7 Å². The van der Waals surface area contributed by atoms with Crippen molar-refractivity contribution in [3.63, 3.8) is 0 Å². The van der Waals surface area contributed by atoms with Crippen LogP contribution in [0.3, 0.4) is 0 Å². The van der Waals surface area contributed by atoms with E-state index >= 15 is 0 Å². The van der Waals surface area contributed by atoms with Crippen LogP contribution in [0, 0.1) is 18.6 Å². The minimum atomic E-state index is -0.622. The van der Waals surface area contributed by atoms with Gasteiger partial charge in [-0.25, -0.2) is 8.78 Å². The van der Waals surface area contributed by atoms with Crippen LogP contribution in [0.15, 0.2) is 18.2 Å². The van der Waals surface area contributed by atoms with Crippen molar-refractivity contribution in [2.75, 3.05) is 11.1 Å². The van der Waals surface area contributed by atoms with E-state index in [4.69, 9.17) is 0 Å². The molecule has 1 aliphatic rings. The van der Waals surface area contributed by atoms with Crippen LogP contribution < -0.4 is 5.32 Å². The Morgan fingerprint density at radius 1 is 1.40 bits per heavy atom. The van der Waals surface area contributed by atoms with Crippen molar-refractivity contribution in [1.82, 2.24) is 10.2 Å². The number of nitrogens with one attached hydrogen (secondary N) is 2. The molecule has 3 rings (SSSR count). The third-order valence-electron chi connectivity index (χ3n) is 3.14. The van der Waals surface area contributed by atoms with Crippen molar-refractivity contribution >= 4 is 23.5 Å². The maximum absolute atomic E-state index is 14.0. The molecule has 0 saturated heterocycles. The predicted octanol–water partition coefficient (Wildman–Crippen LogP) is 2.77. The Balaban J connectivity index is 2.13. The van der Waals surface area contributed by atoms with Crippen molar-refractivity contribution in [2.24, 2.45) is 0 Å². The van der Waals surface area contributed by atoms with Crippen LogP contribution in [0.5, 0.6) is 0 Å². The van der Waals surface area contributed by atoms with Gasteiger partial charge in [-0.3, -0.25) is 9.89 Å². The van der Waals surface area contributed by atoms with E-state index in [1.165, 1.54) is 23.9 Å². The molecule has 2 aromatic rings. The molecular formula is C13H11F2N3OS. The molecule has 20 heavy (non-hydrogen) atoms. The van der Waals surface area contributed by atoms with Crippen molar-refractivity contribution in [1.29, 1.82) is 0 Å². The van der Waals surface area contributed by atoms with Gasteiger partial charge < -0.3 is 5.32 Å². The maximum Gasteiger partial charge on any atom is 0.235 e. The SMILES string of the molecule is Cc1[nH]nc2c1[C@@H](c1ccc(F)cc1F)SCC(=O)N2. The first-order valence-corrected chi connectivity index (χ1v) is 7.02. The van der Waals surface area contributed by atoms with Crippen molar-refractivity contribution < 1.29 is 13.6 Å². The summed E-state index contributed by atoms with van der Waals surface area (Å²) in [7, 11) is 0. The molecule has 1 atom stereocenters. The quantitative estimate of drug-likeness (QED) is 0.850. The first kappa shape index (κ1) is 13.1. The molecule has 0 fully saturated rings. The van der Waals surface area contributed by atoms with Gasteiger partial charge in [-0.1, -0.05) is 6.07 Å². The number of aromatic nitrogens is 2. The number of rotatable bonds is 1. The first-order valence-electron chi connectivity index (χ1n) is 5.97. The third kappa shape index (κ3) is 2.18. The van der Waals surface area contributed by atoms with E-state index < -0.39 is 16.9 Å². The second-order valence-electron chi connectivity index (χ2n) is 4.52. The summed E-state index contributed by atoms with van der Waals surface area (Å²) < 4.78 is 27.0. The van der Waals surface area contributed by atoms with Gasteiger partial charge in [0.1, 0.15) is 11.6 Å². The normalized spacial score (nSPS) is 18.4. The average molecular weight is 295 g/mol. The molecule has 0 spiro atoms. The first-order chi connectivity index (χ1) is 9.56. The lowest BCUT2D eigenvalue weighted by Crippen LogP contribution is -2.12. The molecule has 7 heteroatoms. The minimum Gasteiger partial charge on any atom is -0.308 e. The standard InChI is InChI=1S/C13H11F2N3OS/c1-6-11-12(8-3-2-7(14)4-9(8)15)20-5-10(19)16-13(11)18-17-6/h2-4,12H,5H2,1H3,(H2,16,17,18,19)/t12-/m1/s1. The molecule has 4 nitrogen and oxygen atoms in total. The second kappa shape index (κ2) is 4.90. The molecule has 2 N–H and O–H groups in total. The van der Waals surface area contributed by atoms with Gasteiger partial charge in [0, 0.05) is 22.9 Å². The number of halogens is 2. The van der Waals surface area contributed by atoms with Crippen molar-refractivity contribution in [2.45, 2.75) is 12.2 Å². The fourth-order valence-electron chi connectivity index (χ4n) is 2.22. The number of H-pyrrole nitrogens is 1. The molecule has 0 saturated carbocycles. The molecule has 0 bridgehead atoms. The number of carbonyl (C=O) groups is 1. The zero-order valence-corrected chi connectivity index (χ0v) is 11.4. The number of thioether (sulfide) groups is 1. The maximum atomic E-state index is 14.0. The molecule has 1 aromatic carbocycles. The lowest BCUT2D eigenvalue weighted by Gasteiger charge is -2.15. The van der Waals surface area contributed by atoms with E-state index in [2.05, 4.69) is 15.5 Å². The smallest absolute Gasteiger partial charge is 0.235 e. The molecule has 2 heterocycles. The molecule has 0 radical (unpaired) electrons. The van der Waals surface area contributed by atoms with Gasteiger partial charge in [-0.2, -0.15) is 5.10 Å². The highest BCUT2D eigenvalue weighted by molar-refractivity contribution is 8.00. The minimum absolute atomic E-state index is 0.187. The van der Waals surface area contributed by atoms with Gasteiger partial charge in [0.05, 0.1) is 11.0 Å². The van der Waals surface area contributed by atoms with Gasteiger partial charge in [0.15, 0.2) is 5.82 Å². The highest BCUT2D eigenvalue weighted by atomic mass is 32.2. The molecule has 0 aliphatic carbocycles. The molecule has 1 amide bonds. The second-order valence-corrected chi connectivity index (χ2v) is 5.61. The zero-order chi connectivity index (χ0) is 14.3. The summed E-state index contributed by atoms with van der Waals surface area (Å²) in [5.74, 6) is -0.831. The largest absolute Gasteiger partial charge is 0.308 e. The van der Waals surface area contributed by atoms with E-state index in [0.29, 0.717) is 11.4 Å². The molecule has 1 aromatic heterocycles. The Hall–Kier alpha value is -1.89. The molecular weight excluding hydrogens is 284 g/mol. The Morgan fingerprint density at radius 3 is 2.95 bits per heavy atom. The lowest BCUT2D eigenvalue weighted by molar-refractivity contribution is -0.113. The highest BCUT2D eigenvalue weighted by Crippen LogP contribution is 2.42. The summed E-state index contributed by atoms with van der Waals surface area (Å²) in [5.41, 5.74) is 1.83. The number of anilines is 1. The van der Waals surface area contributed by atoms with Crippen LogP contribution in [0.25, 0.3) is 0 Å². The van der Waals surface area contributed by atoms with E-state index in [1.54, 1.807) is 6.92 Å². The Kier molecular flexibility index (Phi) is 3.21. The number of amides is 1. The number of fused-ring (bicyclic) bond motifs is 1. The van der Waals surface area contributed by atoms with Gasteiger partial charge in [-0.05, 0) is 13.0 Å². The number of benzene rings is 1. The monoisotopic (exact) mass is 295 g/mol. The Labute approximate surface area is 118 Å². The number of aryl methyl sites for hydroxylation is 1. The topological polar surface area (TPSA) is 57.8 Å². The van der Waals surface area contributed by atoms with Gasteiger partial charge in [-0.15, -0.1) is 11.8 Å². The summed E-state index contributed by atoms with van der Waals surface area (Å²) in [6, 6.07) is 3.48. The van der Waals surface area contributed by atoms with Gasteiger partial charge in [0.25, 0.3) is 0 Å². The Bertz CT molecular complexity index is 686. The highest BCUT2D eigenvalue weighted by Gasteiger charge is 2.29. The number of hydrogen-bond acceptors (Lipinski definition) is 3. The van der Waals surface area contributed by atoms with Crippen LogP contribution >= 0.6 is 11.8 Å². The lowest BCUT2D eigenvalue weighted by atomic mass is 10.0. The molecule has 0 unspecified atom stereocenters. The van der Waals surface area contributed by atoms with Gasteiger partial charge in [0.2, 0.25) is 5.91 Å². The van der Waals surface area contributed by atoms with Crippen LogP contribution in [-0.2, 0) is 4.79 Å². The summed E-state index contributed by atoms with van der Waals surface area (Å²) in [6.07, 6.45) is 0. The molecule has 1 aliphatic heterocycles. The number of nitrogens with zero attached hydrogens (tertiary/aromatic N) is 1.